The van der Waals surface area contributed by atoms with E-state index in [1.54, 1.807) is 39.5 Å². The molecule has 3 rings (SSSR count). The lowest BCUT2D eigenvalue weighted by molar-refractivity contribution is -0.111. The zero-order valence-corrected chi connectivity index (χ0v) is 21.0. The Hall–Kier alpha value is -4.59. The van der Waals surface area contributed by atoms with Gasteiger partial charge in [-0.1, -0.05) is 30.4 Å². The van der Waals surface area contributed by atoms with Gasteiger partial charge in [-0.3, -0.25) is 4.79 Å². The zero-order valence-electron chi connectivity index (χ0n) is 21.0. The SMILES string of the molecule is COc1cc(/C=C/c2cc(OC)c(OC)c(OC)c2)cc(NC(=O)/C=C/c2ccccc2N)c1OC. The van der Waals surface area contributed by atoms with Crippen LogP contribution in [0.2, 0.25) is 0 Å². The number of carbonyl (C=O) groups excluding carboxylic acids is 1. The lowest BCUT2D eigenvalue weighted by Gasteiger charge is -2.15. The highest BCUT2D eigenvalue weighted by atomic mass is 16.5. The van der Waals surface area contributed by atoms with Crippen molar-refractivity contribution in [1.29, 1.82) is 0 Å². The number of hydrogen-bond acceptors (Lipinski definition) is 7. The average Bonchev–Trinajstić information content (AvgIpc) is 2.90. The first-order valence-corrected chi connectivity index (χ1v) is 11.0. The van der Waals surface area contributed by atoms with Crippen LogP contribution in [0.15, 0.2) is 54.6 Å². The first-order chi connectivity index (χ1) is 17.4. The zero-order chi connectivity index (χ0) is 26.1. The monoisotopic (exact) mass is 490 g/mol. The fraction of sp³-hybridized carbons (Fsp3) is 0.179. The lowest BCUT2D eigenvalue weighted by atomic mass is 10.1. The molecule has 36 heavy (non-hydrogen) atoms. The van der Waals surface area contributed by atoms with Crippen LogP contribution >= 0.6 is 0 Å². The third kappa shape index (κ3) is 6.09. The molecule has 0 aromatic heterocycles. The molecule has 0 fully saturated rings. The Morgan fingerprint density at radius 1 is 0.722 bits per heavy atom. The molecule has 0 saturated heterocycles. The van der Waals surface area contributed by atoms with Crippen LogP contribution in [0.3, 0.4) is 0 Å². The Morgan fingerprint density at radius 2 is 1.25 bits per heavy atom. The molecule has 0 aliphatic carbocycles. The molecule has 0 spiro atoms. The number of nitrogen functional groups attached to an aromatic ring is 1. The highest BCUT2D eigenvalue weighted by Gasteiger charge is 2.15. The fourth-order valence-electron chi connectivity index (χ4n) is 3.57. The first-order valence-electron chi connectivity index (χ1n) is 11.0. The molecule has 8 nitrogen and oxygen atoms in total. The van der Waals surface area contributed by atoms with Crippen molar-refractivity contribution >= 4 is 35.5 Å². The first kappa shape index (κ1) is 26.0. The van der Waals surface area contributed by atoms with Gasteiger partial charge in [0, 0.05) is 11.8 Å². The maximum Gasteiger partial charge on any atom is 0.248 e. The molecule has 0 atom stereocenters. The molecule has 0 aliphatic rings. The van der Waals surface area contributed by atoms with Crippen molar-refractivity contribution in [1.82, 2.24) is 0 Å². The Kier molecular flexibility index (Phi) is 8.83. The van der Waals surface area contributed by atoms with Crippen LogP contribution in [0.1, 0.15) is 16.7 Å². The van der Waals surface area contributed by atoms with E-state index in [4.69, 9.17) is 29.4 Å². The third-order valence-corrected chi connectivity index (χ3v) is 5.32. The predicted molar refractivity (Wildman–Crippen MR) is 143 cm³/mol. The molecule has 188 valence electrons. The molecule has 3 aromatic rings. The highest BCUT2D eigenvalue weighted by molar-refractivity contribution is 6.03. The molecule has 0 heterocycles. The lowest BCUT2D eigenvalue weighted by Crippen LogP contribution is -2.10. The molecular formula is C28H30N2O6. The Morgan fingerprint density at radius 3 is 1.78 bits per heavy atom. The molecule has 1 amide bonds. The van der Waals surface area contributed by atoms with Crippen LogP contribution in [0.4, 0.5) is 11.4 Å². The number of methoxy groups -OCH3 is 5. The van der Waals surface area contributed by atoms with Gasteiger partial charge in [-0.15, -0.1) is 0 Å². The standard InChI is InChI=1S/C28H30N2O6/c1-32-23-15-18(10-11-19-16-24(33-2)28(36-5)25(17-19)34-3)14-22(27(23)35-4)30-26(31)13-12-20-8-6-7-9-21(20)29/h6-17H,29H2,1-5H3,(H,30,31)/b11-10+,13-12+. The van der Waals surface area contributed by atoms with Crippen LogP contribution < -0.4 is 34.7 Å². The summed E-state index contributed by atoms with van der Waals surface area (Å²) in [4.78, 5) is 12.7. The van der Waals surface area contributed by atoms with Gasteiger partial charge in [0.05, 0.1) is 41.2 Å². The van der Waals surface area contributed by atoms with Crippen molar-refractivity contribution in [3.05, 3.63) is 71.3 Å². The largest absolute Gasteiger partial charge is 0.493 e. The van der Waals surface area contributed by atoms with Gasteiger partial charge in [-0.05, 0) is 53.1 Å². The van der Waals surface area contributed by atoms with Crippen LogP contribution in [0.5, 0.6) is 28.7 Å². The Balaban J connectivity index is 1.92. The van der Waals surface area contributed by atoms with Crippen LogP contribution in [-0.4, -0.2) is 41.5 Å². The number of nitrogens with two attached hydrogens (primary N) is 1. The average molecular weight is 491 g/mol. The van der Waals surface area contributed by atoms with Crippen molar-refractivity contribution in [3.8, 4) is 28.7 Å². The fourth-order valence-corrected chi connectivity index (χ4v) is 3.57. The van der Waals surface area contributed by atoms with E-state index in [1.165, 1.54) is 20.3 Å². The van der Waals surface area contributed by atoms with Gasteiger partial charge in [0.15, 0.2) is 23.0 Å². The van der Waals surface area contributed by atoms with E-state index in [9.17, 15) is 4.79 Å². The summed E-state index contributed by atoms with van der Waals surface area (Å²) >= 11 is 0. The van der Waals surface area contributed by atoms with E-state index in [2.05, 4.69) is 5.32 Å². The molecule has 3 N–H and O–H groups in total. The van der Waals surface area contributed by atoms with Gasteiger partial charge in [-0.25, -0.2) is 0 Å². The van der Waals surface area contributed by atoms with Crippen molar-refractivity contribution < 1.29 is 28.5 Å². The van der Waals surface area contributed by atoms with Crippen LogP contribution in [-0.2, 0) is 4.79 Å². The van der Waals surface area contributed by atoms with E-state index in [1.807, 2.05) is 48.6 Å². The summed E-state index contributed by atoms with van der Waals surface area (Å²) in [6.07, 6.45) is 6.83. The molecular weight excluding hydrogens is 460 g/mol. The number of ether oxygens (including phenoxy) is 5. The highest BCUT2D eigenvalue weighted by Crippen LogP contribution is 2.40. The van der Waals surface area contributed by atoms with Crippen molar-refractivity contribution in [2.24, 2.45) is 0 Å². The molecule has 0 bridgehead atoms. The molecule has 0 unspecified atom stereocenters. The number of amides is 1. The number of anilines is 2. The van der Waals surface area contributed by atoms with E-state index in [0.29, 0.717) is 40.1 Å². The number of carbonyl (C=O) groups is 1. The Labute approximate surface area is 210 Å². The van der Waals surface area contributed by atoms with Crippen LogP contribution in [0.25, 0.3) is 18.2 Å². The summed E-state index contributed by atoms with van der Waals surface area (Å²) in [5, 5.41) is 2.85. The number of hydrogen-bond donors (Lipinski definition) is 2. The number of nitrogens with one attached hydrogen (secondary N) is 1. The molecule has 8 heteroatoms. The quantitative estimate of drug-likeness (QED) is 0.231. The van der Waals surface area contributed by atoms with Gasteiger partial charge in [0.25, 0.3) is 0 Å². The minimum Gasteiger partial charge on any atom is -0.493 e. The normalized spacial score (nSPS) is 10.9. The molecule has 0 aliphatic heterocycles. The molecule has 3 aromatic carbocycles. The Bertz CT molecular complexity index is 1260. The third-order valence-electron chi connectivity index (χ3n) is 5.32. The predicted octanol–water partition coefficient (Wildman–Crippen LogP) is 5.13. The molecule has 0 saturated carbocycles. The van der Waals surface area contributed by atoms with Gasteiger partial charge >= 0.3 is 0 Å². The minimum absolute atomic E-state index is 0.343. The summed E-state index contributed by atoms with van der Waals surface area (Å²) in [5.74, 6) is 2.13. The summed E-state index contributed by atoms with van der Waals surface area (Å²) < 4.78 is 27.2. The van der Waals surface area contributed by atoms with Crippen molar-refractivity contribution in [3.63, 3.8) is 0 Å². The number of para-hydroxylation sites is 1. The number of benzene rings is 3. The maximum atomic E-state index is 12.7. The van der Waals surface area contributed by atoms with Gasteiger partial charge < -0.3 is 34.7 Å². The summed E-state index contributed by atoms with van der Waals surface area (Å²) in [5.41, 5.74) is 9.33. The summed E-state index contributed by atoms with van der Waals surface area (Å²) in [7, 11) is 7.73. The second-order valence-corrected chi connectivity index (χ2v) is 7.55. The van der Waals surface area contributed by atoms with Crippen LogP contribution in [0, 0.1) is 0 Å². The maximum absolute atomic E-state index is 12.7. The van der Waals surface area contributed by atoms with Gasteiger partial charge in [0.2, 0.25) is 11.7 Å². The van der Waals surface area contributed by atoms with E-state index in [0.717, 1.165) is 16.7 Å². The molecule has 0 radical (unpaired) electrons. The minimum atomic E-state index is -0.343. The smallest absolute Gasteiger partial charge is 0.248 e. The van der Waals surface area contributed by atoms with Gasteiger partial charge in [-0.2, -0.15) is 0 Å². The summed E-state index contributed by atoms with van der Waals surface area (Å²) in [6.45, 7) is 0. The van der Waals surface area contributed by atoms with Crippen molar-refractivity contribution in [2.75, 3.05) is 46.6 Å². The number of rotatable bonds is 10. The van der Waals surface area contributed by atoms with Gasteiger partial charge in [0.1, 0.15) is 0 Å². The second-order valence-electron chi connectivity index (χ2n) is 7.55. The second kappa shape index (κ2) is 12.2. The van der Waals surface area contributed by atoms with E-state index < -0.39 is 0 Å². The van der Waals surface area contributed by atoms with E-state index >= 15 is 0 Å². The summed E-state index contributed by atoms with van der Waals surface area (Å²) in [6, 6.07) is 14.6. The van der Waals surface area contributed by atoms with E-state index in [-0.39, 0.29) is 5.91 Å². The topological polar surface area (TPSA) is 101 Å². The van der Waals surface area contributed by atoms with Crippen molar-refractivity contribution in [2.45, 2.75) is 0 Å².